The number of ether oxygens (including phenoxy) is 2. The summed E-state index contributed by atoms with van der Waals surface area (Å²) in [5.74, 6) is -0.0334. The molecule has 4 nitrogen and oxygen atoms in total. The molecular weight excluding hydrogens is 323 g/mol. The number of rotatable bonds is 2. The summed E-state index contributed by atoms with van der Waals surface area (Å²) in [7, 11) is 0. The van der Waals surface area contributed by atoms with Gasteiger partial charge in [-0.3, -0.25) is 9.59 Å². The van der Waals surface area contributed by atoms with Crippen LogP contribution in [-0.4, -0.2) is 28.6 Å². The van der Waals surface area contributed by atoms with E-state index in [0.29, 0.717) is 29.3 Å². The van der Waals surface area contributed by atoms with E-state index in [1.54, 1.807) is 6.92 Å². The quantitative estimate of drug-likeness (QED) is 0.437. The molecule has 0 amide bonds. The smallest absolute Gasteiger partial charge is 0.309 e. The van der Waals surface area contributed by atoms with Crippen LogP contribution in [0.3, 0.4) is 0 Å². The molecule has 0 aromatic carbocycles. The summed E-state index contributed by atoms with van der Waals surface area (Å²) in [5, 5.41) is 0. The van der Waals surface area contributed by atoms with E-state index < -0.39 is 0 Å². The number of fused-ring (bicyclic) bond motifs is 1. The van der Waals surface area contributed by atoms with E-state index in [-0.39, 0.29) is 24.0 Å². The summed E-state index contributed by atoms with van der Waals surface area (Å²) < 4.78 is 10.7. The van der Waals surface area contributed by atoms with Gasteiger partial charge in [0.2, 0.25) is 0 Å². The average molecular weight is 338 g/mol. The molecule has 1 heterocycles. The molecule has 4 atom stereocenters. The first-order chi connectivity index (χ1) is 7.61. The Morgan fingerprint density at radius 3 is 3.00 bits per heavy atom. The molecule has 1 aliphatic heterocycles. The number of alkyl halides is 1. The van der Waals surface area contributed by atoms with Crippen LogP contribution in [0.4, 0.5) is 0 Å². The lowest BCUT2D eigenvalue weighted by atomic mass is 9.80. The molecule has 0 radical (unpaired) electrons. The van der Waals surface area contributed by atoms with Crippen molar-refractivity contribution >= 4 is 34.5 Å². The molecule has 1 saturated heterocycles. The summed E-state index contributed by atoms with van der Waals surface area (Å²) in [6, 6.07) is 0. The fourth-order valence-electron chi connectivity index (χ4n) is 2.34. The third-order valence-corrected chi connectivity index (χ3v) is 4.61. The fourth-order valence-corrected chi connectivity index (χ4v) is 3.43. The highest BCUT2D eigenvalue weighted by atomic mass is 127. The molecule has 1 saturated carbocycles. The van der Waals surface area contributed by atoms with Crippen LogP contribution in [0.1, 0.15) is 26.2 Å². The largest absolute Gasteiger partial charge is 0.465 e. The molecule has 0 aromatic heterocycles. The van der Waals surface area contributed by atoms with Crippen LogP contribution in [0.2, 0.25) is 0 Å². The predicted octanol–water partition coefficient (Wildman–Crippen LogP) is 1.69. The van der Waals surface area contributed by atoms with Gasteiger partial charge in [0, 0.05) is 16.3 Å². The Kier molecular flexibility index (Phi) is 3.71. The van der Waals surface area contributed by atoms with E-state index in [2.05, 4.69) is 22.6 Å². The zero-order valence-electron chi connectivity index (χ0n) is 9.15. The van der Waals surface area contributed by atoms with Crippen molar-refractivity contribution in [2.24, 2.45) is 11.8 Å². The van der Waals surface area contributed by atoms with Gasteiger partial charge >= 0.3 is 11.9 Å². The fraction of sp³-hybridized carbons (Fsp3) is 0.818. The number of hydrogen-bond donors (Lipinski definition) is 0. The maximum Gasteiger partial charge on any atom is 0.309 e. The Morgan fingerprint density at radius 1 is 1.56 bits per heavy atom. The van der Waals surface area contributed by atoms with Crippen molar-refractivity contribution in [2.45, 2.75) is 36.2 Å². The van der Waals surface area contributed by atoms with E-state index in [1.807, 2.05) is 0 Å². The Balaban J connectivity index is 1.99. The Bertz CT molecular complexity index is 304. The molecule has 0 N–H and O–H groups in total. The van der Waals surface area contributed by atoms with Gasteiger partial charge in [-0.2, -0.15) is 0 Å². The molecule has 16 heavy (non-hydrogen) atoms. The summed E-state index contributed by atoms with van der Waals surface area (Å²) in [5.41, 5.74) is 0. The predicted molar refractivity (Wildman–Crippen MR) is 65.2 cm³/mol. The van der Waals surface area contributed by atoms with Gasteiger partial charge in [0.1, 0.15) is 6.10 Å². The van der Waals surface area contributed by atoms with Gasteiger partial charge in [-0.05, 0) is 12.8 Å². The molecule has 0 spiro atoms. The number of carbonyl (C=O) groups excluding carboxylic acids is 2. The molecule has 0 aromatic rings. The highest BCUT2D eigenvalue weighted by Gasteiger charge is 2.46. The minimum Gasteiger partial charge on any atom is -0.465 e. The Labute approximate surface area is 108 Å². The van der Waals surface area contributed by atoms with Crippen LogP contribution in [0.5, 0.6) is 0 Å². The van der Waals surface area contributed by atoms with Crippen LogP contribution in [0.25, 0.3) is 0 Å². The second-order valence-electron chi connectivity index (χ2n) is 4.37. The molecule has 2 aliphatic rings. The van der Waals surface area contributed by atoms with Crippen molar-refractivity contribution in [2.75, 3.05) is 6.61 Å². The normalized spacial score (nSPS) is 37.8. The van der Waals surface area contributed by atoms with Crippen molar-refractivity contribution < 1.29 is 19.1 Å². The van der Waals surface area contributed by atoms with Gasteiger partial charge in [0.05, 0.1) is 12.5 Å². The van der Waals surface area contributed by atoms with Crippen LogP contribution < -0.4 is 0 Å². The second kappa shape index (κ2) is 4.89. The van der Waals surface area contributed by atoms with Gasteiger partial charge < -0.3 is 9.47 Å². The zero-order valence-corrected chi connectivity index (χ0v) is 11.3. The molecule has 90 valence electrons. The summed E-state index contributed by atoms with van der Waals surface area (Å²) in [6.45, 7) is 2.32. The van der Waals surface area contributed by atoms with Crippen molar-refractivity contribution in [1.82, 2.24) is 0 Å². The van der Waals surface area contributed by atoms with Gasteiger partial charge in [-0.25, -0.2) is 0 Å². The maximum absolute atomic E-state index is 11.5. The van der Waals surface area contributed by atoms with E-state index >= 15 is 0 Å². The summed E-state index contributed by atoms with van der Waals surface area (Å²) in [6.07, 6.45) is 1.79. The molecule has 0 unspecified atom stereocenters. The Morgan fingerprint density at radius 2 is 2.31 bits per heavy atom. The van der Waals surface area contributed by atoms with Crippen molar-refractivity contribution in [1.29, 1.82) is 0 Å². The molecule has 1 aliphatic carbocycles. The van der Waals surface area contributed by atoms with Gasteiger partial charge in [0.15, 0.2) is 0 Å². The van der Waals surface area contributed by atoms with Gasteiger partial charge in [-0.1, -0.05) is 29.5 Å². The number of esters is 2. The third-order valence-electron chi connectivity index (χ3n) is 3.30. The van der Waals surface area contributed by atoms with E-state index in [1.165, 1.54) is 0 Å². The molecular formula is C11H15IO4. The first-order valence-corrected chi connectivity index (χ1v) is 6.86. The van der Waals surface area contributed by atoms with E-state index in [9.17, 15) is 9.59 Å². The molecule has 2 fully saturated rings. The first kappa shape index (κ1) is 12.1. The maximum atomic E-state index is 11.5. The topological polar surface area (TPSA) is 52.6 Å². The number of cyclic esters (lactones) is 1. The number of hydrogen-bond acceptors (Lipinski definition) is 4. The van der Waals surface area contributed by atoms with Crippen molar-refractivity contribution in [3.05, 3.63) is 0 Å². The van der Waals surface area contributed by atoms with E-state index in [4.69, 9.17) is 9.47 Å². The minimum atomic E-state index is -0.184. The number of carbonyl (C=O) groups is 2. The van der Waals surface area contributed by atoms with E-state index in [0.717, 1.165) is 6.42 Å². The van der Waals surface area contributed by atoms with Gasteiger partial charge in [-0.15, -0.1) is 0 Å². The third kappa shape index (κ3) is 2.33. The number of halogens is 1. The van der Waals surface area contributed by atoms with Crippen molar-refractivity contribution in [3.63, 3.8) is 0 Å². The second-order valence-corrected chi connectivity index (χ2v) is 5.97. The highest BCUT2D eigenvalue weighted by Crippen LogP contribution is 2.40. The first-order valence-electron chi connectivity index (χ1n) is 5.62. The lowest BCUT2D eigenvalue weighted by Crippen LogP contribution is -2.39. The standard InChI is InChI=1S/C11H15IO4/c1-2-10(13)16-9-4-7-6(3-8(9)12)5-15-11(7)14/h6-9H,2-5H2,1H3/t6-,7-,8+,9+/m1/s1. The molecule has 0 bridgehead atoms. The lowest BCUT2D eigenvalue weighted by Gasteiger charge is -2.32. The van der Waals surface area contributed by atoms with Crippen LogP contribution in [0.15, 0.2) is 0 Å². The summed E-state index contributed by atoms with van der Waals surface area (Å²) in [4.78, 5) is 22.7. The van der Waals surface area contributed by atoms with Crippen LogP contribution in [-0.2, 0) is 19.1 Å². The monoisotopic (exact) mass is 338 g/mol. The molecule has 2 rings (SSSR count). The summed E-state index contributed by atoms with van der Waals surface area (Å²) >= 11 is 2.31. The van der Waals surface area contributed by atoms with Crippen LogP contribution in [0, 0.1) is 11.8 Å². The van der Waals surface area contributed by atoms with Crippen LogP contribution >= 0.6 is 22.6 Å². The van der Waals surface area contributed by atoms with Crippen molar-refractivity contribution in [3.8, 4) is 0 Å². The average Bonchev–Trinajstić information content (AvgIpc) is 2.61. The highest BCUT2D eigenvalue weighted by molar-refractivity contribution is 14.1. The Hall–Kier alpha value is -0.330. The zero-order chi connectivity index (χ0) is 11.7. The lowest BCUT2D eigenvalue weighted by molar-refractivity contribution is -0.153. The van der Waals surface area contributed by atoms with Gasteiger partial charge in [0.25, 0.3) is 0 Å². The SMILES string of the molecule is CCC(=O)O[C@H]1C[C@H]2C(=O)OC[C@H]2C[C@@H]1I. The molecule has 5 heteroatoms. The minimum absolute atomic E-state index is 0.0549.